The van der Waals surface area contributed by atoms with Gasteiger partial charge in [0.05, 0.1) is 18.8 Å². The van der Waals surface area contributed by atoms with Crippen molar-refractivity contribution >= 4 is 11.0 Å². The molecule has 4 heteroatoms. The van der Waals surface area contributed by atoms with Crippen LogP contribution in [0.15, 0.2) is 59.0 Å². The molecular formula is C19H21NO3. The molecule has 1 heterocycles. The number of aryl methyl sites for hydroxylation is 1. The van der Waals surface area contributed by atoms with Gasteiger partial charge >= 0.3 is 0 Å². The van der Waals surface area contributed by atoms with Gasteiger partial charge in [-0.1, -0.05) is 36.4 Å². The van der Waals surface area contributed by atoms with Gasteiger partial charge in [-0.3, -0.25) is 0 Å². The maximum Gasteiger partial charge on any atom is 0.135 e. The zero-order chi connectivity index (χ0) is 16.3. The number of aliphatic hydroxyl groups is 2. The lowest BCUT2D eigenvalue weighted by molar-refractivity contribution is 0.115. The third-order valence-electron chi connectivity index (χ3n) is 4.18. The molecule has 0 amide bonds. The van der Waals surface area contributed by atoms with E-state index in [1.165, 1.54) is 0 Å². The number of hydrogen-bond donors (Lipinski definition) is 3. The van der Waals surface area contributed by atoms with Crippen molar-refractivity contribution in [3.05, 3.63) is 60.2 Å². The first-order valence-electron chi connectivity index (χ1n) is 7.72. The summed E-state index contributed by atoms with van der Waals surface area (Å²) in [6, 6.07) is 18.0. The molecule has 0 spiro atoms. The van der Waals surface area contributed by atoms with Gasteiger partial charge in [0.1, 0.15) is 11.3 Å². The Hall–Kier alpha value is -2.14. The number of hydrogen-bond acceptors (Lipinski definition) is 4. The van der Waals surface area contributed by atoms with E-state index in [4.69, 9.17) is 10.2 Å². The second-order valence-electron chi connectivity index (χ2n) is 6.03. The van der Waals surface area contributed by atoms with Gasteiger partial charge in [0.2, 0.25) is 0 Å². The Morgan fingerprint density at radius 1 is 0.957 bits per heavy atom. The van der Waals surface area contributed by atoms with E-state index in [2.05, 4.69) is 6.07 Å². The van der Waals surface area contributed by atoms with Crippen LogP contribution in [0, 0.1) is 0 Å². The molecule has 0 atom stereocenters. The van der Waals surface area contributed by atoms with E-state index in [0.29, 0.717) is 12.8 Å². The molecule has 4 nitrogen and oxygen atoms in total. The van der Waals surface area contributed by atoms with Crippen LogP contribution in [0.4, 0.5) is 0 Å². The molecule has 3 aromatic rings. The van der Waals surface area contributed by atoms with Gasteiger partial charge in [0.15, 0.2) is 0 Å². The molecule has 0 saturated heterocycles. The van der Waals surface area contributed by atoms with E-state index in [1.54, 1.807) is 0 Å². The minimum atomic E-state index is -0.930. The van der Waals surface area contributed by atoms with Crippen LogP contribution >= 0.6 is 0 Å². The fourth-order valence-corrected chi connectivity index (χ4v) is 2.59. The van der Waals surface area contributed by atoms with Crippen LogP contribution in [0.5, 0.6) is 0 Å². The van der Waals surface area contributed by atoms with Gasteiger partial charge in [-0.05, 0) is 36.6 Å². The summed E-state index contributed by atoms with van der Waals surface area (Å²) in [5, 5.41) is 19.6. The Bertz CT molecular complexity index is 776. The molecule has 2 aromatic carbocycles. The third kappa shape index (κ3) is 3.45. The normalized spacial score (nSPS) is 12.0. The molecule has 3 rings (SSSR count). The fraction of sp³-hybridized carbons (Fsp3) is 0.263. The predicted octanol–water partition coefficient (Wildman–Crippen LogP) is 2.71. The summed E-state index contributed by atoms with van der Waals surface area (Å²) in [5.41, 5.74) is 7.99. The molecule has 0 aliphatic carbocycles. The summed E-state index contributed by atoms with van der Waals surface area (Å²) in [5.74, 6) is 0.844. The molecule has 4 N–H and O–H groups in total. The first-order chi connectivity index (χ1) is 11.1. The first-order valence-corrected chi connectivity index (χ1v) is 7.72. The zero-order valence-electron chi connectivity index (χ0n) is 12.9. The van der Waals surface area contributed by atoms with Crippen molar-refractivity contribution in [1.29, 1.82) is 0 Å². The Balaban J connectivity index is 1.82. The van der Waals surface area contributed by atoms with Crippen LogP contribution in [0.25, 0.3) is 22.3 Å². The van der Waals surface area contributed by atoms with E-state index >= 15 is 0 Å². The monoisotopic (exact) mass is 311 g/mol. The van der Waals surface area contributed by atoms with Crippen molar-refractivity contribution < 1.29 is 14.6 Å². The van der Waals surface area contributed by atoms with Crippen molar-refractivity contribution in [1.82, 2.24) is 0 Å². The summed E-state index contributed by atoms with van der Waals surface area (Å²) in [4.78, 5) is 0. The largest absolute Gasteiger partial charge is 0.456 e. The molecule has 0 aliphatic rings. The number of rotatable bonds is 6. The lowest BCUT2D eigenvalue weighted by Gasteiger charge is -2.24. The average Bonchev–Trinajstić information content (AvgIpc) is 3.04. The van der Waals surface area contributed by atoms with E-state index in [-0.39, 0.29) is 13.2 Å². The number of nitrogens with two attached hydrogens (primary N) is 1. The third-order valence-corrected chi connectivity index (χ3v) is 4.18. The van der Waals surface area contributed by atoms with Gasteiger partial charge in [-0.2, -0.15) is 0 Å². The summed E-state index contributed by atoms with van der Waals surface area (Å²) in [7, 11) is 0. The van der Waals surface area contributed by atoms with Crippen LogP contribution < -0.4 is 5.73 Å². The highest BCUT2D eigenvalue weighted by Gasteiger charge is 2.22. The molecule has 0 fully saturated rings. The number of benzene rings is 2. The lowest BCUT2D eigenvalue weighted by atomic mass is 9.93. The van der Waals surface area contributed by atoms with Crippen LogP contribution in [0.1, 0.15) is 12.0 Å². The van der Waals surface area contributed by atoms with Crippen LogP contribution in [0.2, 0.25) is 0 Å². The van der Waals surface area contributed by atoms with Crippen molar-refractivity contribution in [2.45, 2.75) is 18.4 Å². The molecule has 23 heavy (non-hydrogen) atoms. The first kappa shape index (κ1) is 15.7. The Labute approximate surface area is 135 Å². The SMILES string of the molecule is NC(CO)(CO)CCc1ccc2oc(-c3ccccc3)cc2c1. The number of aliphatic hydroxyl groups excluding tert-OH is 2. The zero-order valence-corrected chi connectivity index (χ0v) is 12.9. The molecule has 0 saturated carbocycles. The van der Waals surface area contributed by atoms with Gasteiger partial charge in [0.25, 0.3) is 0 Å². The highest BCUT2D eigenvalue weighted by molar-refractivity contribution is 5.83. The molecular weight excluding hydrogens is 290 g/mol. The van der Waals surface area contributed by atoms with Crippen LogP contribution in [-0.2, 0) is 6.42 Å². The van der Waals surface area contributed by atoms with Gasteiger partial charge < -0.3 is 20.4 Å². The quantitative estimate of drug-likeness (QED) is 0.654. The maximum atomic E-state index is 9.26. The van der Waals surface area contributed by atoms with E-state index in [1.807, 2.05) is 48.5 Å². The molecule has 120 valence electrons. The molecule has 0 unspecified atom stereocenters. The van der Waals surface area contributed by atoms with Crippen molar-refractivity contribution in [2.24, 2.45) is 5.73 Å². The number of furan rings is 1. The van der Waals surface area contributed by atoms with Crippen LogP contribution in [-0.4, -0.2) is 29.0 Å². The minimum absolute atomic E-state index is 0.227. The Morgan fingerprint density at radius 2 is 1.70 bits per heavy atom. The number of fused-ring (bicyclic) bond motifs is 1. The van der Waals surface area contributed by atoms with Crippen LogP contribution in [0.3, 0.4) is 0 Å². The standard InChI is InChI=1S/C19H21NO3/c20-19(12-21,13-22)9-8-14-6-7-17-16(10-14)11-18(23-17)15-4-2-1-3-5-15/h1-7,10-11,21-22H,8-9,12-13,20H2. The fourth-order valence-electron chi connectivity index (χ4n) is 2.59. The van der Waals surface area contributed by atoms with Crippen molar-refractivity contribution in [3.8, 4) is 11.3 Å². The van der Waals surface area contributed by atoms with Crippen molar-refractivity contribution in [3.63, 3.8) is 0 Å². The highest BCUT2D eigenvalue weighted by atomic mass is 16.3. The second kappa shape index (κ2) is 6.54. The smallest absolute Gasteiger partial charge is 0.135 e. The molecule has 0 radical (unpaired) electrons. The van der Waals surface area contributed by atoms with E-state index in [0.717, 1.165) is 27.9 Å². The maximum absolute atomic E-state index is 9.26. The molecule has 1 aromatic heterocycles. The summed E-state index contributed by atoms with van der Waals surface area (Å²) >= 11 is 0. The Kier molecular flexibility index (Phi) is 4.48. The van der Waals surface area contributed by atoms with E-state index < -0.39 is 5.54 Å². The summed E-state index contributed by atoms with van der Waals surface area (Å²) in [6.45, 7) is -0.453. The van der Waals surface area contributed by atoms with E-state index in [9.17, 15) is 10.2 Å². The topological polar surface area (TPSA) is 79.6 Å². The molecule has 0 bridgehead atoms. The highest BCUT2D eigenvalue weighted by Crippen LogP contribution is 2.28. The predicted molar refractivity (Wildman–Crippen MR) is 91.1 cm³/mol. The van der Waals surface area contributed by atoms with Gasteiger partial charge in [-0.15, -0.1) is 0 Å². The Morgan fingerprint density at radius 3 is 2.39 bits per heavy atom. The summed E-state index contributed by atoms with van der Waals surface area (Å²) in [6.07, 6.45) is 1.22. The average molecular weight is 311 g/mol. The van der Waals surface area contributed by atoms with Gasteiger partial charge in [0, 0.05) is 10.9 Å². The second-order valence-corrected chi connectivity index (χ2v) is 6.03. The molecule has 0 aliphatic heterocycles. The lowest BCUT2D eigenvalue weighted by Crippen LogP contribution is -2.47. The van der Waals surface area contributed by atoms with Crippen molar-refractivity contribution in [2.75, 3.05) is 13.2 Å². The minimum Gasteiger partial charge on any atom is -0.456 e. The van der Waals surface area contributed by atoms with Gasteiger partial charge in [-0.25, -0.2) is 0 Å². The summed E-state index contributed by atoms with van der Waals surface area (Å²) < 4.78 is 5.89.